The Morgan fingerprint density at radius 2 is 2.25 bits per heavy atom. The van der Waals surface area contributed by atoms with Gasteiger partial charge >= 0.3 is 0 Å². The smallest absolute Gasteiger partial charge is 0.230 e. The maximum atomic E-state index is 11.2. The summed E-state index contributed by atoms with van der Waals surface area (Å²) in [7, 11) is 0. The molecule has 4 nitrogen and oxygen atoms in total. The summed E-state index contributed by atoms with van der Waals surface area (Å²) < 4.78 is 5.16. The van der Waals surface area contributed by atoms with Crippen molar-refractivity contribution in [3.05, 3.63) is 0 Å². The lowest BCUT2D eigenvalue weighted by Gasteiger charge is -2.11. The molecule has 66 valence electrons. The number of ether oxygens (including phenoxy) is 1. The Morgan fingerprint density at radius 3 is 2.75 bits per heavy atom. The second-order valence-electron chi connectivity index (χ2n) is 3.35. The molecule has 12 heavy (non-hydrogen) atoms. The van der Waals surface area contributed by atoms with Crippen LogP contribution in [0.5, 0.6) is 0 Å². The Bertz CT molecular complexity index is 220. The van der Waals surface area contributed by atoms with E-state index in [1.807, 2.05) is 0 Å². The van der Waals surface area contributed by atoms with E-state index < -0.39 is 0 Å². The molecule has 0 radical (unpaired) electrons. The molecular weight excluding hydrogens is 158 g/mol. The van der Waals surface area contributed by atoms with Crippen molar-refractivity contribution in [2.24, 2.45) is 11.8 Å². The summed E-state index contributed by atoms with van der Waals surface area (Å²) in [4.78, 5) is 22.0. The first kappa shape index (κ1) is 7.73. The average molecular weight is 169 g/mol. The number of hydrogen-bond acceptors (Lipinski definition) is 3. The third-order valence-corrected chi connectivity index (χ3v) is 2.54. The molecule has 0 aromatic rings. The molecule has 2 fully saturated rings. The molecule has 2 rings (SSSR count). The third kappa shape index (κ3) is 1.22. The van der Waals surface area contributed by atoms with E-state index in [-0.39, 0.29) is 23.7 Å². The summed E-state index contributed by atoms with van der Waals surface area (Å²) in [6.45, 7) is 1.36. The fourth-order valence-electron chi connectivity index (χ4n) is 1.82. The molecule has 2 aliphatic heterocycles. The highest BCUT2D eigenvalue weighted by molar-refractivity contribution is 6.03. The van der Waals surface area contributed by atoms with Gasteiger partial charge < -0.3 is 4.74 Å². The fraction of sp³-hybridized carbons (Fsp3) is 0.750. The summed E-state index contributed by atoms with van der Waals surface area (Å²) in [6, 6.07) is 0. The minimum atomic E-state index is -0.142. The van der Waals surface area contributed by atoms with Crippen LogP contribution in [0.25, 0.3) is 0 Å². The molecule has 2 atom stereocenters. The normalized spacial score (nSPS) is 35.7. The first-order valence-electron chi connectivity index (χ1n) is 4.19. The van der Waals surface area contributed by atoms with E-state index in [2.05, 4.69) is 5.32 Å². The lowest BCUT2D eigenvalue weighted by atomic mass is 9.90. The van der Waals surface area contributed by atoms with Crippen LogP contribution in [0.15, 0.2) is 0 Å². The Labute approximate surface area is 70.3 Å². The quantitative estimate of drug-likeness (QED) is 0.547. The van der Waals surface area contributed by atoms with Crippen molar-refractivity contribution < 1.29 is 14.3 Å². The maximum absolute atomic E-state index is 11.2. The average Bonchev–Trinajstić information content (AvgIpc) is 2.58. The monoisotopic (exact) mass is 169 g/mol. The second-order valence-corrected chi connectivity index (χ2v) is 3.35. The van der Waals surface area contributed by atoms with Crippen molar-refractivity contribution in [2.75, 3.05) is 13.2 Å². The van der Waals surface area contributed by atoms with Gasteiger partial charge in [-0.1, -0.05) is 0 Å². The molecule has 0 spiro atoms. The molecule has 2 aliphatic rings. The van der Waals surface area contributed by atoms with Crippen molar-refractivity contribution in [1.29, 1.82) is 0 Å². The summed E-state index contributed by atoms with van der Waals surface area (Å²) in [6.07, 6.45) is 1.26. The Kier molecular flexibility index (Phi) is 1.84. The van der Waals surface area contributed by atoms with Crippen molar-refractivity contribution in [2.45, 2.75) is 12.8 Å². The van der Waals surface area contributed by atoms with Gasteiger partial charge in [-0.05, 0) is 12.3 Å². The summed E-state index contributed by atoms with van der Waals surface area (Å²) >= 11 is 0. The van der Waals surface area contributed by atoms with Crippen LogP contribution in [0.4, 0.5) is 0 Å². The summed E-state index contributed by atoms with van der Waals surface area (Å²) in [5, 5.41) is 2.31. The highest BCUT2D eigenvalue weighted by Crippen LogP contribution is 2.27. The Balaban J connectivity index is 2.03. The van der Waals surface area contributed by atoms with Gasteiger partial charge in [-0.15, -0.1) is 0 Å². The van der Waals surface area contributed by atoms with E-state index in [9.17, 15) is 9.59 Å². The fourth-order valence-corrected chi connectivity index (χ4v) is 1.82. The van der Waals surface area contributed by atoms with Gasteiger partial charge in [0.25, 0.3) is 0 Å². The molecular formula is C8H11NO3. The molecule has 0 aromatic heterocycles. The van der Waals surface area contributed by atoms with E-state index in [1.165, 1.54) is 0 Å². The lowest BCUT2D eigenvalue weighted by molar-refractivity contribution is -0.126. The third-order valence-electron chi connectivity index (χ3n) is 2.54. The predicted molar refractivity (Wildman–Crippen MR) is 40.2 cm³/mol. The van der Waals surface area contributed by atoms with E-state index >= 15 is 0 Å². The van der Waals surface area contributed by atoms with Crippen LogP contribution in [0.1, 0.15) is 12.8 Å². The second kappa shape index (κ2) is 2.86. The van der Waals surface area contributed by atoms with E-state index in [1.54, 1.807) is 0 Å². The topological polar surface area (TPSA) is 55.4 Å². The zero-order valence-electron chi connectivity index (χ0n) is 6.71. The van der Waals surface area contributed by atoms with Crippen molar-refractivity contribution in [3.63, 3.8) is 0 Å². The number of nitrogens with one attached hydrogen (secondary N) is 1. The van der Waals surface area contributed by atoms with Crippen LogP contribution in [0.2, 0.25) is 0 Å². The molecule has 2 saturated heterocycles. The van der Waals surface area contributed by atoms with Gasteiger partial charge in [0.2, 0.25) is 11.8 Å². The molecule has 0 aromatic carbocycles. The van der Waals surface area contributed by atoms with Crippen LogP contribution < -0.4 is 5.32 Å². The molecule has 1 N–H and O–H groups in total. The number of imide groups is 1. The number of hydrogen-bond donors (Lipinski definition) is 1. The van der Waals surface area contributed by atoms with Crippen LogP contribution in [-0.2, 0) is 14.3 Å². The first-order chi connectivity index (χ1) is 5.77. The van der Waals surface area contributed by atoms with Crippen molar-refractivity contribution >= 4 is 11.8 Å². The summed E-state index contributed by atoms with van der Waals surface area (Å²) in [5.74, 6) is -0.121. The SMILES string of the molecule is O=C1CC(C2CCOC2)C(=O)N1. The van der Waals surface area contributed by atoms with Gasteiger partial charge in [-0.25, -0.2) is 0 Å². The summed E-state index contributed by atoms with van der Waals surface area (Å²) in [5.41, 5.74) is 0. The largest absolute Gasteiger partial charge is 0.381 e. The number of carbonyl (C=O) groups excluding carboxylic acids is 2. The zero-order valence-corrected chi connectivity index (χ0v) is 6.71. The van der Waals surface area contributed by atoms with Crippen molar-refractivity contribution in [1.82, 2.24) is 5.32 Å². The van der Waals surface area contributed by atoms with Crippen LogP contribution in [-0.4, -0.2) is 25.0 Å². The molecule has 0 aliphatic carbocycles. The lowest BCUT2D eigenvalue weighted by Crippen LogP contribution is -2.26. The number of amides is 2. The van der Waals surface area contributed by atoms with Gasteiger partial charge in [-0.3, -0.25) is 14.9 Å². The van der Waals surface area contributed by atoms with E-state index in [4.69, 9.17) is 4.74 Å². The van der Waals surface area contributed by atoms with Gasteiger partial charge in [0.1, 0.15) is 0 Å². The molecule has 0 saturated carbocycles. The molecule has 2 unspecified atom stereocenters. The highest BCUT2D eigenvalue weighted by atomic mass is 16.5. The zero-order chi connectivity index (χ0) is 8.55. The van der Waals surface area contributed by atoms with E-state index in [0.29, 0.717) is 13.0 Å². The van der Waals surface area contributed by atoms with Crippen LogP contribution in [0, 0.1) is 11.8 Å². The Hall–Kier alpha value is -0.900. The van der Waals surface area contributed by atoms with Crippen LogP contribution >= 0.6 is 0 Å². The highest BCUT2D eigenvalue weighted by Gasteiger charge is 2.38. The number of carbonyl (C=O) groups is 2. The van der Waals surface area contributed by atoms with Gasteiger partial charge in [0.05, 0.1) is 12.5 Å². The molecule has 0 bridgehead atoms. The minimum Gasteiger partial charge on any atom is -0.381 e. The molecule has 2 heterocycles. The Morgan fingerprint density at radius 1 is 1.42 bits per heavy atom. The molecule has 2 amide bonds. The van der Waals surface area contributed by atoms with Gasteiger partial charge in [-0.2, -0.15) is 0 Å². The maximum Gasteiger partial charge on any atom is 0.230 e. The predicted octanol–water partition coefficient (Wildman–Crippen LogP) is -0.314. The number of rotatable bonds is 1. The van der Waals surface area contributed by atoms with Gasteiger partial charge in [0, 0.05) is 13.0 Å². The van der Waals surface area contributed by atoms with Crippen molar-refractivity contribution in [3.8, 4) is 0 Å². The van der Waals surface area contributed by atoms with E-state index in [0.717, 1.165) is 13.0 Å². The van der Waals surface area contributed by atoms with Gasteiger partial charge in [0.15, 0.2) is 0 Å². The standard InChI is InChI=1S/C8H11NO3/c10-7-3-6(8(11)9-7)5-1-2-12-4-5/h5-6H,1-4H2,(H,9,10,11). The minimum absolute atomic E-state index is 0.115. The van der Waals surface area contributed by atoms with Crippen LogP contribution in [0.3, 0.4) is 0 Å². The molecule has 4 heteroatoms. The first-order valence-corrected chi connectivity index (χ1v) is 4.19.